The molecule has 20 heavy (non-hydrogen) atoms. The third-order valence-corrected chi connectivity index (χ3v) is 4.13. The lowest BCUT2D eigenvalue weighted by atomic mass is 10.2. The number of carbonyl (C=O) groups is 1. The Hall–Kier alpha value is -1.69. The highest BCUT2D eigenvalue weighted by Gasteiger charge is 2.15. The Kier molecular flexibility index (Phi) is 4.89. The number of carboxylic acids is 1. The number of carboxylic acid groups (broad SMARTS) is 1. The second-order valence-corrected chi connectivity index (χ2v) is 5.69. The molecule has 2 aromatic rings. The minimum atomic E-state index is -0.779. The van der Waals surface area contributed by atoms with Gasteiger partial charge in [0.1, 0.15) is 5.75 Å². The highest BCUT2D eigenvalue weighted by Crippen LogP contribution is 2.28. The highest BCUT2D eigenvalue weighted by molar-refractivity contribution is 7.99. The van der Waals surface area contributed by atoms with Gasteiger partial charge in [-0.15, -0.1) is 0 Å². The van der Waals surface area contributed by atoms with Crippen molar-refractivity contribution in [3.8, 4) is 5.75 Å². The Morgan fingerprint density at radius 1 is 1.50 bits per heavy atom. The number of nitrogens with zero attached hydrogens (tertiary/aromatic N) is 1. The normalized spacial score (nSPS) is 12.5. The van der Waals surface area contributed by atoms with Gasteiger partial charge in [-0.1, -0.05) is 18.7 Å². The molecule has 1 heterocycles. The van der Waals surface area contributed by atoms with Crippen molar-refractivity contribution < 1.29 is 14.6 Å². The zero-order chi connectivity index (χ0) is 14.5. The van der Waals surface area contributed by atoms with Crippen LogP contribution in [0.3, 0.4) is 0 Å². The van der Waals surface area contributed by atoms with E-state index in [1.54, 1.807) is 0 Å². The second kappa shape index (κ2) is 6.65. The SMILES string of the molecule is CCOc1ccc2nc(SC(CC)CC(=O)O)[nH]c2c1. The zero-order valence-corrected chi connectivity index (χ0v) is 12.4. The molecule has 0 aliphatic carbocycles. The Morgan fingerprint density at radius 3 is 2.95 bits per heavy atom. The fraction of sp³-hybridized carbons (Fsp3) is 0.429. The maximum Gasteiger partial charge on any atom is 0.304 e. The van der Waals surface area contributed by atoms with Gasteiger partial charge in [-0.05, 0) is 25.5 Å². The van der Waals surface area contributed by atoms with Gasteiger partial charge in [0.2, 0.25) is 0 Å². The zero-order valence-electron chi connectivity index (χ0n) is 11.5. The first-order valence-electron chi connectivity index (χ1n) is 6.63. The smallest absolute Gasteiger partial charge is 0.304 e. The quantitative estimate of drug-likeness (QED) is 0.766. The monoisotopic (exact) mass is 294 g/mol. The molecule has 0 aliphatic heterocycles. The number of aliphatic carboxylic acids is 1. The predicted molar refractivity (Wildman–Crippen MR) is 79.5 cm³/mol. The number of thioether (sulfide) groups is 1. The van der Waals surface area contributed by atoms with Crippen molar-refractivity contribution >= 4 is 28.8 Å². The standard InChI is InChI=1S/C14H18N2O3S/c1-3-10(8-13(17)18)20-14-15-11-6-5-9(19-4-2)7-12(11)16-14/h5-7,10H,3-4,8H2,1-2H3,(H,15,16)(H,17,18). The fourth-order valence-corrected chi connectivity index (χ4v) is 2.93. The van der Waals surface area contributed by atoms with Gasteiger partial charge in [0.25, 0.3) is 0 Å². The average molecular weight is 294 g/mol. The lowest BCUT2D eigenvalue weighted by molar-refractivity contribution is -0.136. The topological polar surface area (TPSA) is 75.2 Å². The molecule has 2 rings (SSSR count). The molecule has 1 aromatic carbocycles. The molecule has 0 bridgehead atoms. The van der Waals surface area contributed by atoms with E-state index in [9.17, 15) is 4.79 Å². The molecule has 1 unspecified atom stereocenters. The minimum absolute atomic E-state index is 0.0272. The number of rotatable bonds is 7. The van der Waals surface area contributed by atoms with E-state index < -0.39 is 5.97 Å². The van der Waals surface area contributed by atoms with Gasteiger partial charge in [-0.3, -0.25) is 4.79 Å². The third-order valence-electron chi connectivity index (χ3n) is 2.88. The van der Waals surface area contributed by atoms with E-state index >= 15 is 0 Å². The maximum atomic E-state index is 10.8. The van der Waals surface area contributed by atoms with E-state index in [0.29, 0.717) is 6.61 Å². The van der Waals surface area contributed by atoms with Gasteiger partial charge in [-0.2, -0.15) is 0 Å². The van der Waals surface area contributed by atoms with Crippen molar-refractivity contribution in [3.63, 3.8) is 0 Å². The number of ether oxygens (including phenoxy) is 1. The summed E-state index contributed by atoms with van der Waals surface area (Å²) in [4.78, 5) is 18.5. The molecular weight excluding hydrogens is 276 g/mol. The van der Waals surface area contributed by atoms with Gasteiger partial charge in [-0.25, -0.2) is 4.98 Å². The minimum Gasteiger partial charge on any atom is -0.494 e. The molecular formula is C14H18N2O3S. The van der Waals surface area contributed by atoms with Crippen molar-refractivity contribution in [1.29, 1.82) is 0 Å². The van der Waals surface area contributed by atoms with Crippen LogP contribution < -0.4 is 4.74 Å². The first kappa shape index (κ1) is 14.7. The van der Waals surface area contributed by atoms with Crippen molar-refractivity contribution in [2.45, 2.75) is 37.1 Å². The Bertz CT molecular complexity index is 597. The Labute approximate surface area is 121 Å². The molecule has 0 aliphatic rings. The number of nitrogens with one attached hydrogen (secondary N) is 1. The molecule has 2 N–H and O–H groups in total. The molecule has 0 radical (unpaired) electrons. The van der Waals surface area contributed by atoms with Crippen LogP contribution in [0.5, 0.6) is 5.75 Å². The van der Waals surface area contributed by atoms with Gasteiger partial charge in [0.15, 0.2) is 5.16 Å². The van der Waals surface area contributed by atoms with Crippen LogP contribution in [0.1, 0.15) is 26.7 Å². The summed E-state index contributed by atoms with van der Waals surface area (Å²) < 4.78 is 5.45. The van der Waals surface area contributed by atoms with Crippen LogP contribution in [0, 0.1) is 0 Å². The predicted octanol–water partition coefficient (Wildman–Crippen LogP) is 3.31. The number of H-pyrrole nitrogens is 1. The van der Waals surface area contributed by atoms with Gasteiger partial charge < -0.3 is 14.8 Å². The van der Waals surface area contributed by atoms with Crippen LogP contribution in [0.15, 0.2) is 23.4 Å². The maximum absolute atomic E-state index is 10.8. The first-order chi connectivity index (χ1) is 9.62. The molecule has 1 atom stereocenters. The molecule has 0 spiro atoms. The summed E-state index contributed by atoms with van der Waals surface area (Å²) in [6.45, 7) is 4.55. The summed E-state index contributed by atoms with van der Waals surface area (Å²) in [6.07, 6.45) is 0.931. The summed E-state index contributed by atoms with van der Waals surface area (Å²) in [5.41, 5.74) is 1.77. The third kappa shape index (κ3) is 3.66. The second-order valence-electron chi connectivity index (χ2n) is 4.40. The van der Waals surface area contributed by atoms with E-state index in [1.807, 2.05) is 32.0 Å². The Morgan fingerprint density at radius 2 is 2.30 bits per heavy atom. The summed E-state index contributed by atoms with van der Waals surface area (Å²) in [5.74, 6) is 0.0249. The summed E-state index contributed by atoms with van der Waals surface area (Å²) in [7, 11) is 0. The fourth-order valence-electron chi connectivity index (χ4n) is 1.90. The molecule has 108 valence electrons. The summed E-state index contributed by atoms with van der Waals surface area (Å²) in [6, 6.07) is 5.70. The number of aromatic amines is 1. The summed E-state index contributed by atoms with van der Waals surface area (Å²) in [5, 5.41) is 9.65. The van der Waals surface area contributed by atoms with Crippen LogP contribution in [-0.4, -0.2) is 32.9 Å². The van der Waals surface area contributed by atoms with E-state index in [4.69, 9.17) is 9.84 Å². The number of fused-ring (bicyclic) bond motifs is 1. The van der Waals surface area contributed by atoms with Crippen LogP contribution in [0.2, 0.25) is 0 Å². The van der Waals surface area contributed by atoms with E-state index in [0.717, 1.165) is 28.4 Å². The lowest BCUT2D eigenvalue weighted by Crippen LogP contribution is -2.08. The molecule has 5 nitrogen and oxygen atoms in total. The molecule has 1 aromatic heterocycles. The van der Waals surface area contributed by atoms with Gasteiger partial charge in [0.05, 0.1) is 24.1 Å². The van der Waals surface area contributed by atoms with E-state index in [-0.39, 0.29) is 11.7 Å². The van der Waals surface area contributed by atoms with Crippen molar-refractivity contribution in [2.24, 2.45) is 0 Å². The largest absolute Gasteiger partial charge is 0.494 e. The average Bonchev–Trinajstić information content (AvgIpc) is 2.79. The van der Waals surface area contributed by atoms with Gasteiger partial charge in [0, 0.05) is 11.3 Å². The van der Waals surface area contributed by atoms with Crippen molar-refractivity contribution in [2.75, 3.05) is 6.61 Å². The summed E-state index contributed by atoms with van der Waals surface area (Å²) >= 11 is 1.47. The van der Waals surface area contributed by atoms with Gasteiger partial charge >= 0.3 is 5.97 Å². The number of imidazole rings is 1. The highest BCUT2D eigenvalue weighted by atomic mass is 32.2. The van der Waals surface area contributed by atoms with Crippen LogP contribution in [0.4, 0.5) is 0 Å². The molecule has 0 amide bonds. The molecule has 6 heteroatoms. The first-order valence-corrected chi connectivity index (χ1v) is 7.51. The molecule has 0 saturated heterocycles. The van der Waals surface area contributed by atoms with Crippen LogP contribution in [0.25, 0.3) is 11.0 Å². The van der Waals surface area contributed by atoms with Crippen LogP contribution >= 0.6 is 11.8 Å². The van der Waals surface area contributed by atoms with E-state index in [1.165, 1.54) is 11.8 Å². The number of hydrogen-bond donors (Lipinski definition) is 2. The van der Waals surface area contributed by atoms with E-state index in [2.05, 4.69) is 9.97 Å². The Balaban J connectivity index is 2.16. The van der Waals surface area contributed by atoms with Crippen LogP contribution in [-0.2, 0) is 4.79 Å². The number of aromatic nitrogens is 2. The van der Waals surface area contributed by atoms with Crippen molar-refractivity contribution in [1.82, 2.24) is 9.97 Å². The number of hydrogen-bond acceptors (Lipinski definition) is 4. The number of benzene rings is 1. The van der Waals surface area contributed by atoms with Crippen molar-refractivity contribution in [3.05, 3.63) is 18.2 Å². The lowest BCUT2D eigenvalue weighted by Gasteiger charge is -2.08. The molecule has 0 saturated carbocycles. The molecule has 0 fully saturated rings.